The van der Waals surface area contributed by atoms with Gasteiger partial charge in [-0.05, 0) is 25.1 Å². The number of urea groups is 1. The predicted octanol–water partition coefficient (Wildman–Crippen LogP) is 3.55. The molecule has 2 amide bonds. The van der Waals surface area contributed by atoms with Crippen molar-refractivity contribution in [2.45, 2.75) is 6.92 Å². The summed E-state index contributed by atoms with van der Waals surface area (Å²) in [4.78, 5) is 22.1. The van der Waals surface area contributed by atoms with E-state index in [0.717, 1.165) is 5.56 Å². The smallest absolute Gasteiger partial charge is 0.308 e. The van der Waals surface area contributed by atoms with Crippen LogP contribution in [-0.4, -0.2) is 11.0 Å². The normalized spacial score (nSPS) is 9.85. The second-order valence-corrected chi connectivity index (χ2v) is 4.22. The van der Waals surface area contributed by atoms with Crippen LogP contribution in [0.25, 0.3) is 0 Å². The van der Waals surface area contributed by atoms with Gasteiger partial charge in [-0.2, -0.15) is 0 Å². The number of nitro groups is 1. The van der Waals surface area contributed by atoms with Crippen LogP contribution in [0.3, 0.4) is 0 Å². The van der Waals surface area contributed by atoms with Gasteiger partial charge in [0.2, 0.25) is 0 Å². The van der Waals surface area contributed by atoms with E-state index in [-0.39, 0.29) is 11.4 Å². The van der Waals surface area contributed by atoms with Gasteiger partial charge in [-0.3, -0.25) is 10.1 Å². The number of rotatable bonds is 3. The Kier molecular flexibility index (Phi) is 3.95. The molecule has 2 aromatic carbocycles. The molecule has 0 spiro atoms. The summed E-state index contributed by atoms with van der Waals surface area (Å²) in [5.41, 5.74) is 1.70. The average molecular weight is 271 g/mol. The van der Waals surface area contributed by atoms with Crippen molar-refractivity contribution >= 4 is 23.1 Å². The lowest BCUT2D eigenvalue weighted by molar-refractivity contribution is -0.383. The van der Waals surface area contributed by atoms with Gasteiger partial charge in [-0.1, -0.05) is 29.8 Å². The maximum Gasteiger partial charge on any atom is 0.323 e. The van der Waals surface area contributed by atoms with Crippen LogP contribution in [0.4, 0.5) is 21.9 Å². The first-order valence-corrected chi connectivity index (χ1v) is 5.94. The molecule has 0 radical (unpaired) electrons. The lowest BCUT2D eigenvalue weighted by Crippen LogP contribution is -2.20. The third-order valence-corrected chi connectivity index (χ3v) is 2.66. The predicted molar refractivity (Wildman–Crippen MR) is 76.9 cm³/mol. The zero-order valence-corrected chi connectivity index (χ0v) is 10.8. The van der Waals surface area contributed by atoms with E-state index in [1.807, 2.05) is 19.1 Å². The van der Waals surface area contributed by atoms with E-state index in [4.69, 9.17) is 0 Å². The number of nitrogens with zero attached hydrogens (tertiary/aromatic N) is 1. The van der Waals surface area contributed by atoms with Crippen LogP contribution >= 0.6 is 0 Å². The second kappa shape index (κ2) is 5.83. The van der Waals surface area contributed by atoms with Gasteiger partial charge in [0.25, 0.3) is 5.69 Å². The third-order valence-electron chi connectivity index (χ3n) is 2.66. The van der Waals surface area contributed by atoms with E-state index < -0.39 is 11.0 Å². The quantitative estimate of drug-likeness (QED) is 0.661. The van der Waals surface area contributed by atoms with Crippen molar-refractivity contribution < 1.29 is 9.72 Å². The van der Waals surface area contributed by atoms with Gasteiger partial charge in [0, 0.05) is 11.8 Å². The van der Waals surface area contributed by atoms with E-state index in [1.54, 1.807) is 24.3 Å². The Morgan fingerprint density at radius 2 is 1.70 bits per heavy atom. The summed E-state index contributed by atoms with van der Waals surface area (Å²) in [6, 6.07) is 12.7. The van der Waals surface area contributed by atoms with Crippen molar-refractivity contribution in [3.05, 3.63) is 64.2 Å². The highest BCUT2D eigenvalue weighted by atomic mass is 16.6. The fourth-order valence-corrected chi connectivity index (χ4v) is 1.66. The van der Waals surface area contributed by atoms with Crippen LogP contribution < -0.4 is 10.6 Å². The number of para-hydroxylation sites is 2. The molecule has 0 atom stereocenters. The largest absolute Gasteiger partial charge is 0.323 e. The Morgan fingerprint density at radius 1 is 1.05 bits per heavy atom. The summed E-state index contributed by atoms with van der Waals surface area (Å²) < 4.78 is 0. The first-order chi connectivity index (χ1) is 9.56. The van der Waals surface area contributed by atoms with E-state index >= 15 is 0 Å². The van der Waals surface area contributed by atoms with Gasteiger partial charge >= 0.3 is 6.03 Å². The van der Waals surface area contributed by atoms with Crippen LogP contribution in [0, 0.1) is 17.0 Å². The van der Waals surface area contributed by atoms with Gasteiger partial charge in [-0.15, -0.1) is 0 Å². The maximum absolute atomic E-state index is 11.8. The summed E-state index contributed by atoms with van der Waals surface area (Å²) >= 11 is 0. The molecule has 102 valence electrons. The number of carbonyl (C=O) groups is 1. The number of amides is 2. The summed E-state index contributed by atoms with van der Waals surface area (Å²) in [6.45, 7) is 1.94. The van der Waals surface area contributed by atoms with Crippen molar-refractivity contribution in [1.29, 1.82) is 0 Å². The van der Waals surface area contributed by atoms with Gasteiger partial charge < -0.3 is 10.6 Å². The number of anilines is 2. The number of hydrogen-bond acceptors (Lipinski definition) is 3. The zero-order valence-electron chi connectivity index (χ0n) is 10.8. The van der Waals surface area contributed by atoms with E-state index in [1.165, 1.54) is 12.1 Å². The lowest BCUT2D eigenvalue weighted by Gasteiger charge is -2.08. The third kappa shape index (κ3) is 3.32. The van der Waals surface area contributed by atoms with Gasteiger partial charge in [0.15, 0.2) is 0 Å². The van der Waals surface area contributed by atoms with Crippen molar-refractivity contribution in [1.82, 2.24) is 0 Å². The van der Waals surface area contributed by atoms with E-state index in [9.17, 15) is 14.9 Å². The summed E-state index contributed by atoms with van der Waals surface area (Å²) in [6.07, 6.45) is 0. The fraction of sp³-hybridized carbons (Fsp3) is 0.0714. The fourth-order valence-electron chi connectivity index (χ4n) is 1.66. The molecular weight excluding hydrogens is 258 g/mol. The topological polar surface area (TPSA) is 84.3 Å². The Hall–Kier alpha value is -2.89. The number of nitrogens with one attached hydrogen (secondary N) is 2. The molecule has 0 unspecified atom stereocenters. The second-order valence-electron chi connectivity index (χ2n) is 4.22. The number of benzene rings is 2. The molecule has 0 aliphatic heterocycles. The molecule has 6 nitrogen and oxygen atoms in total. The summed E-state index contributed by atoms with van der Waals surface area (Å²) in [5, 5.41) is 15.9. The highest BCUT2D eigenvalue weighted by Crippen LogP contribution is 2.23. The van der Waals surface area contributed by atoms with E-state index in [0.29, 0.717) is 5.69 Å². The van der Waals surface area contributed by atoms with Crippen LogP contribution in [-0.2, 0) is 0 Å². The highest BCUT2D eigenvalue weighted by molar-refractivity contribution is 6.01. The van der Waals surface area contributed by atoms with Gasteiger partial charge in [-0.25, -0.2) is 4.79 Å². The first kappa shape index (κ1) is 13.5. The SMILES string of the molecule is Cc1ccc(NC(=O)Nc2ccccc2[N+](=O)[O-])cc1. The van der Waals surface area contributed by atoms with Gasteiger partial charge in [0.1, 0.15) is 5.69 Å². The summed E-state index contributed by atoms with van der Waals surface area (Å²) in [7, 11) is 0. The molecule has 6 heteroatoms. The standard InChI is InChI=1S/C14H13N3O3/c1-10-6-8-11(9-7-10)15-14(18)16-12-4-2-3-5-13(12)17(19)20/h2-9H,1H3,(H2,15,16,18). The van der Waals surface area contributed by atoms with Crippen molar-refractivity contribution in [3.63, 3.8) is 0 Å². The first-order valence-electron chi connectivity index (χ1n) is 5.94. The Morgan fingerprint density at radius 3 is 2.35 bits per heavy atom. The van der Waals surface area contributed by atoms with Crippen LogP contribution in [0.5, 0.6) is 0 Å². The van der Waals surface area contributed by atoms with Crippen molar-refractivity contribution in [2.75, 3.05) is 10.6 Å². The molecule has 2 rings (SSSR count). The molecular formula is C14H13N3O3. The molecule has 2 N–H and O–H groups in total. The molecule has 2 aromatic rings. The molecule has 0 aliphatic carbocycles. The minimum Gasteiger partial charge on any atom is -0.308 e. The van der Waals surface area contributed by atoms with Gasteiger partial charge in [0.05, 0.1) is 4.92 Å². The number of aryl methyl sites for hydroxylation is 1. The van der Waals surface area contributed by atoms with Crippen molar-refractivity contribution in [3.8, 4) is 0 Å². The Bertz CT molecular complexity index is 638. The Balaban J connectivity index is 2.08. The molecule has 0 saturated carbocycles. The van der Waals surface area contributed by atoms with Crippen LogP contribution in [0.1, 0.15) is 5.56 Å². The molecule has 0 aromatic heterocycles. The zero-order chi connectivity index (χ0) is 14.5. The molecule has 0 bridgehead atoms. The van der Waals surface area contributed by atoms with Crippen molar-refractivity contribution in [2.24, 2.45) is 0 Å². The number of nitro benzene ring substituents is 1. The molecule has 0 aliphatic rings. The molecule has 0 fully saturated rings. The number of carbonyl (C=O) groups excluding carboxylic acids is 1. The van der Waals surface area contributed by atoms with Crippen LogP contribution in [0.2, 0.25) is 0 Å². The lowest BCUT2D eigenvalue weighted by atomic mass is 10.2. The molecule has 0 saturated heterocycles. The Labute approximate surface area is 115 Å². The van der Waals surface area contributed by atoms with E-state index in [2.05, 4.69) is 10.6 Å². The summed E-state index contributed by atoms with van der Waals surface area (Å²) in [5.74, 6) is 0. The average Bonchev–Trinajstić information content (AvgIpc) is 2.41. The maximum atomic E-state index is 11.8. The number of hydrogen-bond donors (Lipinski definition) is 2. The molecule has 0 heterocycles. The highest BCUT2D eigenvalue weighted by Gasteiger charge is 2.14. The monoisotopic (exact) mass is 271 g/mol. The van der Waals surface area contributed by atoms with Crippen LogP contribution in [0.15, 0.2) is 48.5 Å². The molecule has 20 heavy (non-hydrogen) atoms. The minimum absolute atomic E-state index is 0.147. The minimum atomic E-state index is -0.540.